The van der Waals surface area contributed by atoms with E-state index in [0.29, 0.717) is 5.56 Å². The molecular formula is C24H34N6O9. The summed E-state index contributed by atoms with van der Waals surface area (Å²) in [5, 5.41) is 25.4. The molecule has 0 aliphatic rings. The van der Waals surface area contributed by atoms with Gasteiger partial charge in [0.05, 0.1) is 6.04 Å². The molecule has 1 aromatic carbocycles. The van der Waals surface area contributed by atoms with Crippen LogP contribution in [0.4, 0.5) is 0 Å². The molecule has 0 saturated carbocycles. The number of hydrogen-bond donors (Lipinski definition) is 8. The second-order valence-electron chi connectivity index (χ2n) is 8.76. The molecule has 11 N–H and O–H groups in total. The Labute approximate surface area is 223 Å². The maximum Gasteiger partial charge on any atom is 0.326 e. The van der Waals surface area contributed by atoms with Gasteiger partial charge in [-0.2, -0.15) is 0 Å². The number of carboxylic acids is 2. The van der Waals surface area contributed by atoms with Crippen LogP contribution >= 0.6 is 0 Å². The fourth-order valence-corrected chi connectivity index (χ4v) is 3.39. The Balaban J connectivity index is 3.12. The second-order valence-corrected chi connectivity index (χ2v) is 8.76. The van der Waals surface area contributed by atoms with Crippen molar-refractivity contribution in [3.8, 4) is 0 Å². The number of carboxylic acid groups (broad SMARTS) is 2. The Morgan fingerprint density at radius 3 is 1.69 bits per heavy atom. The van der Waals surface area contributed by atoms with E-state index in [0.717, 1.165) is 0 Å². The summed E-state index contributed by atoms with van der Waals surface area (Å²) in [6, 6.07) is 3.04. The fraction of sp³-hybridized carbons (Fsp3) is 0.458. The van der Waals surface area contributed by atoms with Gasteiger partial charge in [0.1, 0.15) is 18.1 Å². The molecule has 4 atom stereocenters. The summed E-state index contributed by atoms with van der Waals surface area (Å²) in [7, 11) is 0. The van der Waals surface area contributed by atoms with Gasteiger partial charge in [0.15, 0.2) is 0 Å². The van der Waals surface area contributed by atoms with Gasteiger partial charge in [0.25, 0.3) is 0 Å². The Morgan fingerprint density at radius 2 is 1.15 bits per heavy atom. The van der Waals surface area contributed by atoms with Crippen molar-refractivity contribution in [2.45, 2.75) is 69.1 Å². The molecule has 4 unspecified atom stereocenters. The third-order valence-corrected chi connectivity index (χ3v) is 5.53. The minimum absolute atomic E-state index is 0.0371. The molecule has 15 nitrogen and oxygen atoms in total. The van der Waals surface area contributed by atoms with E-state index < -0.39 is 78.5 Å². The molecule has 0 fully saturated rings. The quantitative estimate of drug-likeness (QED) is 0.0950. The number of rotatable bonds is 18. The van der Waals surface area contributed by atoms with Gasteiger partial charge in [0, 0.05) is 25.7 Å². The van der Waals surface area contributed by atoms with E-state index in [-0.39, 0.29) is 32.1 Å². The van der Waals surface area contributed by atoms with Gasteiger partial charge in [-0.3, -0.25) is 28.8 Å². The van der Waals surface area contributed by atoms with Crippen LogP contribution in [0.5, 0.6) is 0 Å². The van der Waals surface area contributed by atoms with Crippen molar-refractivity contribution in [1.29, 1.82) is 0 Å². The predicted molar refractivity (Wildman–Crippen MR) is 135 cm³/mol. The van der Waals surface area contributed by atoms with Crippen molar-refractivity contribution < 1.29 is 43.8 Å². The smallest absolute Gasteiger partial charge is 0.326 e. The van der Waals surface area contributed by atoms with Gasteiger partial charge in [-0.1, -0.05) is 30.3 Å². The third-order valence-electron chi connectivity index (χ3n) is 5.53. The zero-order valence-corrected chi connectivity index (χ0v) is 21.1. The van der Waals surface area contributed by atoms with Crippen LogP contribution in [0.3, 0.4) is 0 Å². The SMILES string of the molecule is NC(=O)CCC(N)C(=O)NC(Cc1ccccc1)C(=O)NC(CCC(=O)O)C(=O)NC(CCC(N)=O)C(=O)O. The van der Waals surface area contributed by atoms with Crippen molar-refractivity contribution in [1.82, 2.24) is 16.0 Å². The molecule has 0 radical (unpaired) electrons. The molecule has 214 valence electrons. The third kappa shape index (κ3) is 13.0. The first-order valence-electron chi connectivity index (χ1n) is 12.0. The highest BCUT2D eigenvalue weighted by Gasteiger charge is 2.31. The monoisotopic (exact) mass is 550 g/mol. The molecule has 0 spiro atoms. The molecule has 15 heteroatoms. The number of primary amides is 2. The van der Waals surface area contributed by atoms with Crippen LogP contribution in [0, 0.1) is 0 Å². The van der Waals surface area contributed by atoms with Crippen molar-refractivity contribution in [3.05, 3.63) is 35.9 Å². The summed E-state index contributed by atoms with van der Waals surface area (Å²) in [5.74, 6) is -6.85. The first kappa shape index (κ1) is 32.5. The number of carbonyl (C=O) groups is 7. The summed E-state index contributed by atoms with van der Waals surface area (Å²) in [5.41, 5.74) is 16.6. The lowest BCUT2D eigenvalue weighted by atomic mass is 10.0. The highest BCUT2D eigenvalue weighted by molar-refractivity contribution is 5.94. The fourth-order valence-electron chi connectivity index (χ4n) is 3.39. The number of benzene rings is 1. The molecule has 5 amide bonds. The summed E-state index contributed by atoms with van der Waals surface area (Å²) in [6.45, 7) is 0. The van der Waals surface area contributed by atoms with E-state index in [1.54, 1.807) is 30.3 Å². The maximum atomic E-state index is 13.2. The Bertz CT molecular complexity index is 1050. The molecule has 1 rings (SSSR count). The highest BCUT2D eigenvalue weighted by Crippen LogP contribution is 2.08. The Morgan fingerprint density at radius 1 is 0.667 bits per heavy atom. The molecule has 0 bridgehead atoms. The Hall–Kier alpha value is -4.53. The van der Waals surface area contributed by atoms with Gasteiger partial charge in [-0.05, 0) is 24.8 Å². The lowest BCUT2D eigenvalue weighted by Crippen LogP contribution is -2.57. The summed E-state index contributed by atoms with van der Waals surface area (Å²) < 4.78 is 0. The molecule has 0 aliphatic carbocycles. The van der Waals surface area contributed by atoms with Crippen LogP contribution in [0.2, 0.25) is 0 Å². The standard InChI is InChI=1S/C24H34N6O9/c25-14(6-9-18(26)31)21(35)30-17(12-13-4-2-1-3-5-13)23(37)28-15(8-11-20(33)34)22(36)29-16(24(38)39)7-10-19(27)32/h1-5,14-17H,6-12,25H2,(H2,26,31)(H2,27,32)(H,28,37)(H,29,36)(H,30,35)(H,33,34)(H,38,39). The van der Waals surface area contributed by atoms with Gasteiger partial charge in [-0.15, -0.1) is 0 Å². The van der Waals surface area contributed by atoms with Crippen LogP contribution in [0.1, 0.15) is 44.1 Å². The number of nitrogens with one attached hydrogen (secondary N) is 3. The van der Waals surface area contributed by atoms with Gasteiger partial charge in [0.2, 0.25) is 29.5 Å². The van der Waals surface area contributed by atoms with Crippen molar-refractivity contribution >= 4 is 41.5 Å². The number of hydrogen-bond acceptors (Lipinski definition) is 8. The van der Waals surface area contributed by atoms with Crippen molar-refractivity contribution in [2.24, 2.45) is 17.2 Å². The molecule has 1 aromatic rings. The van der Waals surface area contributed by atoms with Crippen LogP contribution < -0.4 is 33.2 Å². The lowest BCUT2D eigenvalue weighted by Gasteiger charge is -2.25. The summed E-state index contributed by atoms with van der Waals surface area (Å²) in [4.78, 5) is 83.4. The average molecular weight is 551 g/mol. The van der Waals surface area contributed by atoms with Crippen LogP contribution in [0.25, 0.3) is 0 Å². The van der Waals surface area contributed by atoms with Crippen molar-refractivity contribution in [3.63, 3.8) is 0 Å². The van der Waals surface area contributed by atoms with E-state index in [2.05, 4.69) is 16.0 Å². The normalized spacial score (nSPS) is 13.7. The van der Waals surface area contributed by atoms with Crippen LogP contribution in [-0.4, -0.2) is 75.9 Å². The van der Waals surface area contributed by atoms with E-state index in [4.69, 9.17) is 22.3 Å². The predicted octanol–water partition coefficient (Wildman–Crippen LogP) is -2.51. The number of carbonyl (C=O) groups excluding carboxylic acids is 5. The van der Waals surface area contributed by atoms with Crippen LogP contribution in [-0.2, 0) is 40.0 Å². The Kier molecular flexibility index (Phi) is 13.6. The molecule has 0 heterocycles. The van der Waals surface area contributed by atoms with Gasteiger partial charge >= 0.3 is 11.9 Å². The van der Waals surface area contributed by atoms with Gasteiger partial charge < -0.3 is 43.4 Å². The van der Waals surface area contributed by atoms with E-state index in [1.807, 2.05) is 0 Å². The molecular weight excluding hydrogens is 516 g/mol. The van der Waals surface area contributed by atoms with Crippen molar-refractivity contribution in [2.75, 3.05) is 0 Å². The second kappa shape index (κ2) is 16.3. The highest BCUT2D eigenvalue weighted by atomic mass is 16.4. The van der Waals surface area contributed by atoms with Gasteiger partial charge in [-0.25, -0.2) is 4.79 Å². The largest absolute Gasteiger partial charge is 0.481 e. The molecule has 0 aromatic heterocycles. The molecule has 0 aliphatic heterocycles. The first-order chi connectivity index (χ1) is 18.3. The first-order valence-corrected chi connectivity index (χ1v) is 12.0. The van der Waals surface area contributed by atoms with E-state index in [9.17, 15) is 38.7 Å². The lowest BCUT2D eigenvalue weighted by molar-refractivity contribution is -0.143. The zero-order valence-electron chi connectivity index (χ0n) is 21.1. The zero-order chi connectivity index (χ0) is 29.5. The van der Waals surface area contributed by atoms with E-state index in [1.165, 1.54) is 0 Å². The topological polar surface area (TPSA) is 274 Å². The molecule has 39 heavy (non-hydrogen) atoms. The van der Waals surface area contributed by atoms with Crippen LogP contribution in [0.15, 0.2) is 30.3 Å². The number of nitrogens with two attached hydrogens (primary N) is 3. The van der Waals surface area contributed by atoms with E-state index >= 15 is 0 Å². The maximum absolute atomic E-state index is 13.2. The number of amides is 5. The molecule has 0 saturated heterocycles. The average Bonchev–Trinajstić information content (AvgIpc) is 2.86. The minimum atomic E-state index is -1.53. The number of aliphatic carboxylic acids is 2. The summed E-state index contributed by atoms with van der Waals surface area (Å²) in [6.07, 6.45) is -1.90. The minimum Gasteiger partial charge on any atom is -0.481 e. The summed E-state index contributed by atoms with van der Waals surface area (Å²) >= 11 is 0.